The molecule has 0 fully saturated rings. The highest BCUT2D eigenvalue weighted by atomic mass is 19.1. The fourth-order valence-corrected chi connectivity index (χ4v) is 2.52. The van der Waals surface area contributed by atoms with Gasteiger partial charge in [-0.05, 0) is 43.0 Å². The van der Waals surface area contributed by atoms with E-state index >= 15 is 0 Å². The summed E-state index contributed by atoms with van der Waals surface area (Å²) in [6.07, 6.45) is -1.13. The van der Waals surface area contributed by atoms with Gasteiger partial charge in [0.15, 0.2) is 6.10 Å². The third kappa shape index (κ3) is 4.65. The van der Waals surface area contributed by atoms with Crippen LogP contribution in [0.3, 0.4) is 0 Å². The van der Waals surface area contributed by atoms with Gasteiger partial charge in [-0.3, -0.25) is 4.79 Å². The van der Waals surface area contributed by atoms with Crippen molar-refractivity contribution in [2.45, 2.75) is 39.7 Å². The normalized spacial score (nSPS) is 12.0. The summed E-state index contributed by atoms with van der Waals surface area (Å²) >= 11 is 0. The van der Waals surface area contributed by atoms with Gasteiger partial charge < -0.3 is 10.1 Å². The Labute approximate surface area is 151 Å². The Morgan fingerprint density at radius 3 is 2.23 bits per heavy atom. The van der Waals surface area contributed by atoms with E-state index in [0.29, 0.717) is 11.8 Å². The molecule has 0 saturated heterocycles. The van der Waals surface area contributed by atoms with Crippen LogP contribution in [-0.2, 0) is 9.53 Å². The zero-order valence-electron chi connectivity index (χ0n) is 15.1. The molecule has 1 N–H and O–H groups in total. The van der Waals surface area contributed by atoms with Gasteiger partial charge in [-0.1, -0.05) is 32.0 Å². The van der Waals surface area contributed by atoms with Crippen LogP contribution in [0.1, 0.15) is 48.2 Å². The molecule has 138 valence electrons. The number of hydrogen-bond donors (Lipinski definition) is 1. The molecule has 26 heavy (non-hydrogen) atoms. The number of anilines is 1. The average molecular weight is 361 g/mol. The Bertz CT molecular complexity index is 814. The summed E-state index contributed by atoms with van der Waals surface area (Å²) in [5.41, 5.74) is 2.23. The number of rotatable bonds is 5. The molecule has 0 aliphatic rings. The molecule has 0 aliphatic carbocycles. The van der Waals surface area contributed by atoms with Crippen molar-refractivity contribution in [3.63, 3.8) is 0 Å². The van der Waals surface area contributed by atoms with Crippen LogP contribution in [0.15, 0.2) is 36.4 Å². The molecule has 1 atom stereocenters. The summed E-state index contributed by atoms with van der Waals surface area (Å²) in [6, 6.07) is 8.05. The van der Waals surface area contributed by atoms with Gasteiger partial charge in [0, 0.05) is 11.8 Å². The van der Waals surface area contributed by atoms with Crippen LogP contribution in [-0.4, -0.2) is 18.0 Å². The summed E-state index contributed by atoms with van der Waals surface area (Å²) in [7, 11) is 0. The van der Waals surface area contributed by atoms with E-state index in [2.05, 4.69) is 5.32 Å². The number of aryl methyl sites for hydroxylation is 1. The first-order chi connectivity index (χ1) is 12.2. The van der Waals surface area contributed by atoms with E-state index in [1.165, 1.54) is 6.92 Å². The first-order valence-corrected chi connectivity index (χ1v) is 8.26. The van der Waals surface area contributed by atoms with Crippen molar-refractivity contribution in [3.05, 3.63) is 64.7 Å². The van der Waals surface area contributed by atoms with Gasteiger partial charge in [-0.25, -0.2) is 13.6 Å². The van der Waals surface area contributed by atoms with Crippen LogP contribution in [0.5, 0.6) is 0 Å². The molecule has 0 bridgehead atoms. The molecule has 2 aromatic rings. The summed E-state index contributed by atoms with van der Waals surface area (Å²) < 4.78 is 31.5. The Morgan fingerprint density at radius 1 is 1.04 bits per heavy atom. The molecule has 0 saturated carbocycles. The lowest BCUT2D eigenvalue weighted by Gasteiger charge is -2.19. The lowest BCUT2D eigenvalue weighted by molar-refractivity contribution is -0.123. The highest BCUT2D eigenvalue weighted by Crippen LogP contribution is 2.27. The minimum absolute atomic E-state index is 0.193. The van der Waals surface area contributed by atoms with E-state index in [-0.39, 0.29) is 11.5 Å². The van der Waals surface area contributed by atoms with E-state index in [1.54, 1.807) is 0 Å². The first kappa shape index (κ1) is 19.6. The second-order valence-electron chi connectivity index (χ2n) is 6.39. The third-order valence-electron chi connectivity index (χ3n) is 3.93. The molecule has 0 aliphatic heterocycles. The topological polar surface area (TPSA) is 55.4 Å². The maximum Gasteiger partial charge on any atom is 0.339 e. The molecule has 0 radical (unpaired) electrons. The fourth-order valence-electron chi connectivity index (χ4n) is 2.52. The van der Waals surface area contributed by atoms with E-state index in [0.717, 1.165) is 23.3 Å². The predicted molar refractivity (Wildman–Crippen MR) is 95.1 cm³/mol. The van der Waals surface area contributed by atoms with Gasteiger partial charge >= 0.3 is 5.97 Å². The van der Waals surface area contributed by atoms with Gasteiger partial charge in [0.05, 0.1) is 5.56 Å². The SMILES string of the molecule is Cc1cccc(C(C)C)c1NC(=O)[C@H](C)OC(=O)c1cc(F)cc(F)c1. The lowest BCUT2D eigenvalue weighted by atomic mass is 9.98. The Kier molecular flexibility index (Phi) is 6.08. The summed E-state index contributed by atoms with van der Waals surface area (Å²) in [6.45, 7) is 7.28. The molecular formula is C20H21F2NO3. The number of ether oxygens (including phenoxy) is 1. The number of carbonyl (C=O) groups is 2. The van der Waals surface area contributed by atoms with Gasteiger partial charge in [0.1, 0.15) is 11.6 Å². The van der Waals surface area contributed by atoms with Gasteiger partial charge in [-0.15, -0.1) is 0 Å². The molecular weight excluding hydrogens is 340 g/mol. The molecule has 6 heteroatoms. The summed E-state index contributed by atoms with van der Waals surface area (Å²) in [4.78, 5) is 24.4. The van der Waals surface area contributed by atoms with Crippen molar-refractivity contribution >= 4 is 17.6 Å². The molecule has 0 heterocycles. The Balaban J connectivity index is 2.12. The van der Waals surface area contributed by atoms with Crippen LogP contribution in [0.2, 0.25) is 0 Å². The number of halogens is 2. The fraction of sp³-hybridized carbons (Fsp3) is 0.300. The monoisotopic (exact) mass is 361 g/mol. The van der Waals surface area contributed by atoms with Gasteiger partial charge in [0.25, 0.3) is 5.91 Å². The molecule has 2 aromatic carbocycles. The average Bonchev–Trinajstić information content (AvgIpc) is 2.55. The number of amides is 1. The van der Waals surface area contributed by atoms with E-state index in [9.17, 15) is 18.4 Å². The maximum atomic E-state index is 13.2. The summed E-state index contributed by atoms with van der Waals surface area (Å²) in [5, 5.41) is 2.78. The molecule has 2 rings (SSSR count). The van der Waals surface area contributed by atoms with Crippen molar-refractivity contribution < 1.29 is 23.1 Å². The highest BCUT2D eigenvalue weighted by Gasteiger charge is 2.21. The van der Waals surface area contributed by atoms with Gasteiger partial charge in [0.2, 0.25) is 0 Å². The second kappa shape index (κ2) is 8.08. The number of benzene rings is 2. The van der Waals surface area contributed by atoms with Crippen molar-refractivity contribution in [1.29, 1.82) is 0 Å². The molecule has 0 unspecified atom stereocenters. The van der Waals surface area contributed by atoms with Crippen LogP contribution in [0, 0.1) is 18.6 Å². The zero-order valence-corrected chi connectivity index (χ0v) is 15.1. The number of nitrogens with one attached hydrogen (secondary N) is 1. The van der Waals surface area contributed by atoms with Crippen molar-refractivity contribution in [3.8, 4) is 0 Å². The van der Waals surface area contributed by atoms with Crippen LogP contribution >= 0.6 is 0 Å². The maximum absolute atomic E-state index is 13.2. The first-order valence-electron chi connectivity index (χ1n) is 8.26. The van der Waals surface area contributed by atoms with Crippen molar-refractivity contribution in [2.24, 2.45) is 0 Å². The third-order valence-corrected chi connectivity index (χ3v) is 3.93. The number of esters is 1. The largest absolute Gasteiger partial charge is 0.449 e. The summed E-state index contributed by atoms with van der Waals surface area (Å²) in [5.74, 6) is -3.09. The van der Waals surface area contributed by atoms with Gasteiger partial charge in [-0.2, -0.15) is 0 Å². The number of carbonyl (C=O) groups excluding carboxylic acids is 2. The standard InChI is InChI=1S/C20H21F2NO3/c1-11(2)17-7-5-6-12(3)18(17)23-19(24)13(4)26-20(25)14-8-15(21)10-16(22)9-14/h5-11,13H,1-4H3,(H,23,24)/t13-/m0/s1. The predicted octanol–water partition coefficient (Wildman–Crippen LogP) is 4.58. The molecule has 0 spiro atoms. The van der Waals surface area contributed by atoms with E-state index in [4.69, 9.17) is 4.74 Å². The Morgan fingerprint density at radius 2 is 1.65 bits per heavy atom. The molecule has 0 aromatic heterocycles. The quantitative estimate of drug-likeness (QED) is 0.793. The number of para-hydroxylation sites is 1. The van der Waals surface area contributed by atoms with E-state index < -0.39 is 29.6 Å². The number of hydrogen-bond acceptors (Lipinski definition) is 3. The van der Waals surface area contributed by atoms with Crippen molar-refractivity contribution in [1.82, 2.24) is 0 Å². The minimum atomic E-state index is -1.13. The second-order valence-corrected chi connectivity index (χ2v) is 6.39. The Hall–Kier alpha value is -2.76. The van der Waals surface area contributed by atoms with Crippen molar-refractivity contribution in [2.75, 3.05) is 5.32 Å². The van der Waals surface area contributed by atoms with Crippen LogP contribution in [0.4, 0.5) is 14.5 Å². The zero-order chi connectivity index (χ0) is 19.4. The van der Waals surface area contributed by atoms with Crippen LogP contribution in [0.25, 0.3) is 0 Å². The minimum Gasteiger partial charge on any atom is -0.449 e. The highest BCUT2D eigenvalue weighted by molar-refractivity contribution is 5.98. The molecule has 4 nitrogen and oxygen atoms in total. The van der Waals surface area contributed by atoms with E-state index in [1.807, 2.05) is 39.0 Å². The van der Waals surface area contributed by atoms with Crippen LogP contribution < -0.4 is 5.32 Å². The smallest absolute Gasteiger partial charge is 0.339 e. The molecule has 1 amide bonds. The lowest BCUT2D eigenvalue weighted by Crippen LogP contribution is -2.30.